The Morgan fingerprint density at radius 3 is 2.51 bits per heavy atom. The van der Waals surface area contributed by atoms with E-state index >= 15 is 0 Å². The van der Waals surface area contributed by atoms with Gasteiger partial charge in [0.15, 0.2) is 0 Å². The number of hydrogen-bond acceptors (Lipinski definition) is 7. The number of benzene rings is 2. The molecule has 0 spiro atoms. The monoisotopic (exact) mass is 578 g/mol. The summed E-state index contributed by atoms with van der Waals surface area (Å²) in [6.07, 6.45) is 5.14. The summed E-state index contributed by atoms with van der Waals surface area (Å²) in [6, 6.07) is 19.9. The van der Waals surface area contributed by atoms with Crippen LogP contribution >= 0.6 is 24.0 Å². The molecule has 0 aliphatic carbocycles. The standard InChI is InChI=1S/C28H26N4O4S3/c1-3-30(4-2)39(34,35)24-14-8-10-20(16-24)26-21(18-32(29-26)22-11-6-5-7-12-22)17-25-27(33)31(28(37)38-25)19-23-13-9-15-36-23/h5-18H,3-4,19H2,1-2H3. The molecule has 8 nitrogen and oxygen atoms in total. The van der Waals surface area contributed by atoms with Crippen molar-refractivity contribution in [2.75, 3.05) is 13.1 Å². The van der Waals surface area contributed by atoms with Crippen LogP contribution in [0.1, 0.15) is 25.2 Å². The van der Waals surface area contributed by atoms with Gasteiger partial charge in [-0.05, 0) is 42.5 Å². The fraction of sp³-hybridized carbons (Fsp3) is 0.179. The molecule has 0 radical (unpaired) electrons. The lowest BCUT2D eigenvalue weighted by atomic mass is 10.1. The second kappa shape index (κ2) is 11.3. The van der Waals surface area contributed by atoms with Gasteiger partial charge in [-0.25, -0.2) is 13.1 Å². The van der Waals surface area contributed by atoms with Gasteiger partial charge in [-0.3, -0.25) is 9.69 Å². The van der Waals surface area contributed by atoms with Crippen molar-refractivity contribution in [2.45, 2.75) is 25.3 Å². The maximum atomic E-state index is 13.3. The first-order chi connectivity index (χ1) is 18.8. The van der Waals surface area contributed by atoms with E-state index in [0.717, 1.165) is 5.69 Å². The lowest BCUT2D eigenvalue weighted by molar-refractivity contribution is -0.122. The number of amides is 1. The van der Waals surface area contributed by atoms with Crippen LogP contribution in [0.15, 0.2) is 93.4 Å². The lowest BCUT2D eigenvalue weighted by Crippen LogP contribution is -2.30. The van der Waals surface area contributed by atoms with E-state index in [9.17, 15) is 13.2 Å². The van der Waals surface area contributed by atoms with Crippen molar-refractivity contribution in [3.63, 3.8) is 0 Å². The van der Waals surface area contributed by atoms with Crippen LogP contribution in [0.5, 0.6) is 0 Å². The third kappa shape index (κ3) is 5.48. The van der Waals surface area contributed by atoms with Gasteiger partial charge in [0, 0.05) is 30.4 Å². The SMILES string of the molecule is CCN(CC)S(=O)(=O)c1cccc(-c2nn(-c3ccccc3)cc2C=C2SC(=S)N(Cc3ccco3)C2=O)c1. The van der Waals surface area contributed by atoms with Gasteiger partial charge >= 0.3 is 0 Å². The van der Waals surface area contributed by atoms with Gasteiger partial charge in [0.2, 0.25) is 10.0 Å². The minimum atomic E-state index is -3.67. The molecule has 1 saturated heterocycles. The lowest BCUT2D eigenvalue weighted by Gasteiger charge is -2.18. The third-order valence-electron chi connectivity index (χ3n) is 6.27. The molecule has 11 heteroatoms. The number of hydrogen-bond donors (Lipinski definition) is 0. The Balaban J connectivity index is 1.58. The molecule has 1 fully saturated rings. The summed E-state index contributed by atoms with van der Waals surface area (Å²) in [5.41, 5.74) is 2.66. The summed E-state index contributed by atoms with van der Waals surface area (Å²) in [7, 11) is -3.67. The summed E-state index contributed by atoms with van der Waals surface area (Å²) in [6.45, 7) is 4.61. The predicted molar refractivity (Wildman–Crippen MR) is 157 cm³/mol. The summed E-state index contributed by atoms with van der Waals surface area (Å²) in [5, 5.41) is 4.81. The molecule has 2 aromatic carbocycles. The van der Waals surface area contributed by atoms with Crippen LogP contribution in [0.25, 0.3) is 23.0 Å². The van der Waals surface area contributed by atoms with Crippen LogP contribution in [0.3, 0.4) is 0 Å². The van der Waals surface area contributed by atoms with Gasteiger partial charge in [0.25, 0.3) is 5.91 Å². The first kappa shape index (κ1) is 27.1. The zero-order valence-electron chi connectivity index (χ0n) is 21.4. The smallest absolute Gasteiger partial charge is 0.266 e. The number of aromatic nitrogens is 2. The highest BCUT2D eigenvalue weighted by atomic mass is 32.2. The molecule has 0 saturated carbocycles. The molecule has 2 aromatic heterocycles. The van der Waals surface area contributed by atoms with Crippen molar-refractivity contribution in [3.05, 3.63) is 95.4 Å². The number of para-hydroxylation sites is 1. The molecule has 1 amide bonds. The zero-order chi connectivity index (χ0) is 27.6. The number of furan rings is 1. The van der Waals surface area contributed by atoms with E-state index in [4.69, 9.17) is 21.7 Å². The topological polar surface area (TPSA) is 88.7 Å². The van der Waals surface area contributed by atoms with Crippen molar-refractivity contribution in [1.29, 1.82) is 0 Å². The van der Waals surface area contributed by atoms with E-state index in [-0.39, 0.29) is 17.3 Å². The van der Waals surface area contributed by atoms with Crippen molar-refractivity contribution >= 4 is 50.3 Å². The molecular weight excluding hydrogens is 553 g/mol. The molecule has 39 heavy (non-hydrogen) atoms. The first-order valence-corrected chi connectivity index (χ1v) is 15.0. The van der Waals surface area contributed by atoms with Gasteiger partial charge in [-0.1, -0.05) is 68.2 Å². The number of carbonyl (C=O) groups excluding carboxylic acids is 1. The molecule has 1 aliphatic rings. The van der Waals surface area contributed by atoms with E-state index in [1.807, 2.05) is 56.4 Å². The number of carbonyl (C=O) groups is 1. The van der Waals surface area contributed by atoms with Gasteiger partial charge in [-0.15, -0.1) is 0 Å². The average Bonchev–Trinajstić information content (AvgIpc) is 3.67. The summed E-state index contributed by atoms with van der Waals surface area (Å²) < 4.78 is 35.4. The molecule has 200 valence electrons. The fourth-order valence-corrected chi connectivity index (χ4v) is 7.03. The summed E-state index contributed by atoms with van der Waals surface area (Å²) >= 11 is 6.70. The van der Waals surface area contributed by atoms with Crippen molar-refractivity contribution < 1.29 is 17.6 Å². The quantitative estimate of drug-likeness (QED) is 0.190. The second-order valence-electron chi connectivity index (χ2n) is 8.68. The van der Waals surface area contributed by atoms with E-state index in [2.05, 4.69) is 0 Å². The molecule has 1 aliphatic heterocycles. The minimum Gasteiger partial charge on any atom is -0.467 e. The molecule has 0 atom stereocenters. The van der Waals surface area contributed by atoms with E-state index in [1.54, 1.807) is 47.4 Å². The van der Waals surface area contributed by atoms with Gasteiger partial charge in [-0.2, -0.15) is 9.40 Å². The molecule has 0 N–H and O–H groups in total. The maximum Gasteiger partial charge on any atom is 0.266 e. The van der Waals surface area contributed by atoms with E-state index < -0.39 is 10.0 Å². The fourth-order valence-electron chi connectivity index (χ4n) is 4.28. The maximum absolute atomic E-state index is 13.3. The van der Waals surface area contributed by atoms with Crippen LogP contribution in [0.2, 0.25) is 0 Å². The van der Waals surface area contributed by atoms with Gasteiger partial charge in [0.1, 0.15) is 15.8 Å². The summed E-state index contributed by atoms with van der Waals surface area (Å²) in [4.78, 5) is 15.4. The second-order valence-corrected chi connectivity index (χ2v) is 12.3. The number of rotatable bonds is 9. The highest BCUT2D eigenvalue weighted by Crippen LogP contribution is 2.36. The van der Waals surface area contributed by atoms with Gasteiger partial charge < -0.3 is 4.42 Å². The Hall–Kier alpha value is -3.51. The average molecular weight is 579 g/mol. The Labute approximate surface area is 237 Å². The van der Waals surface area contributed by atoms with Crippen molar-refractivity contribution in [2.24, 2.45) is 0 Å². The minimum absolute atomic E-state index is 0.189. The van der Waals surface area contributed by atoms with Crippen LogP contribution in [0.4, 0.5) is 0 Å². The number of thiocarbonyl (C=S) groups is 1. The normalized spacial score (nSPS) is 15.2. The predicted octanol–water partition coefficient (Wildman–Crippen LogP) is 5.56. The number of nitrogens with zero attached hydrogens (tertiary/aromatic N) is 4. The van der Waals surface area contributed by atoms with Crippen LogP contribution in [0, 0.1) is 0 Å². The molecule has 4 aromatic rings. The zero-order valence-corrected chi connectivity index (χ0v) is 23.8. The van der Waals surface area contributed by atoms with Crippen molar-refractivity contribution in [3.8, 4) is 16.9 Å². The highest BCUT2D eigenvalue weighted by molar-refractivity contribution is 8.26. The molecule has 0 unspecified atom stereocenters. The number of thioether (sulfide) groups is 1. The van der Waals surface area contributed by atoms with Crippen LogP contribution < -0.4 is 0 Å². The summed E-state index contributed by atoms with van der Waals surface area (Å²) in [5.74, 6) is 0.411. The number of sulfonamides is 1. The van der Waals surface area contributed by atoms with Crippen LogP contribution in [-0.4, -0.2) is 50.7 Å². The van der Waals surface area contributed by atoms with Gasteiger partial charge in [0.05, 0.1) is 28.3 Å². The molecular formula is C28H26N4O4S3. The Morgan fingerprint density at radius 1 is 1.05 bits per heavy atom. The molecule has 5 rings (SSSR count). The molecule has 3 heterocycles. The van der Waals surface area contributed by atoms with Crippen LogP contribution in [-0.2, 0) is 21.4 Å². The van der Waals surface area contributed by atoms with E-state index in [1.165, 1.54) is 21.0 Å². The largest absolute Gasteiger partial charge is 0.467 e. The third-order valence-corrected chi connectivity index (χ3v) is 9.69. The van der Waals surface area contributed by atoms with E-state index in [0.29, 0.717) is 44.9 Å². The first-order valence-electron chi connectivity index (χ1n) is 12.3. The Bertz CT molecular complexity index is 1640. The highest BCUT2D eigenvalue weighted by Gasteiger charge is 2.33. The Kier molecular flexibility index (Phi) is 7.85. The Morgan fingerprint density at radius 2 is 1.82 bits per heavy atom. The molecule has 0 bridgehead atoms. The van der Waals surface area contributed by atoms with Crippen molar-refractivity contribution in [1.82, 2.24) is 19.0 Å².